The van der Waals surface area contributed by atoms with E-state index in [2.05, 4.69) is 13.8 Å². The van der Waals surface area contributed by atoms with E-state index in [1.807, 2.05) is 6.92 Å². The lowest BCUT2D eigenvalue weighted by molar-refractivity contribution is -0.150. The number of carbonyl (C=O) groups is 2. The molecule has 0 aromatic carbocycles. The van der Waals surface area contributed by atoms with Gasteiger partial charge in [-0.3, -0.25) is 9.59 Å². The van der Waals surface area contributed by atoms with Gasteiger partial charge >= 0.3 is 5.97 Å². The van der Waals surface area contributed by atoms with Gasteiger partial charge in [-0.15, -0.1) is 0 Å². The third kappa shape index (κ3) is 3.01. The molecule has 1 N–H and O–H groups in total. The number of fused-ring (bicyclic) bond motifs is 1. The van der Waals surface area contributed by atoms with Crippen molar-refractivity contribution in [2.45, 2.75) is 65.6 Å². The maximum atomic E-state index is 12.2. The largest absolute Gasteiger partial charge is 0.462 e. The summed E-state index contributed by atoms with van der Waals surface area (Å²) in [6, 6.07) is 0. The molecule has 4 heteroatoms. The highest BCUT2D eigenvalue weighted by atomic mass is 16.5. The molecular weight excluding hydrogens is 268 g/mol. The fraction of sp³-hybridized carbons (Fsp3) is 0.882. The molecule has 6 unspecified atom stereocenters. The van der Waals surface area contributed by atoms with Crippen molar-refractivity contribution in [2.75, 3.05) is 0 Å². The maximum Gasteiger partial charge on any atom is 0.302 e. The first kappa shape index (κ1) is 16.5. The average Bonchev–Trinajstić information content (AvgIpc) is 2.67. The van der Waals surface area contributed by atoms with Gasteiger partial charge in [0.25, 0.3) is 0 Å². The Morgan fingerprint density at radius 2 is 1.90 bits per heavy atom. The van der Waals surface area contributed by atoms with E-state index >= 15 is 0 Å². The van der Waals surface area contributed by atoms with Crippen LogP contribution in [0.15, 0.2) is 0 Å². The van der Waals surface area contributed by atoms with Crippen molar-refractivity contribution >= 4 is 11.8 Å². The van der Waals surface area contributed by atoms with Gasteiger partial charge in [-0.25, -0.2) is 0 Å². The lowest BCUT2D eigenvalue weighted by Crippen LogP contribution is -2.47. The molecular formula is C17H28O4. The van der Waals surface area contributed by atoms with Crippen LogP contribution in [0.25, 0.3) is 0 Å². The highest BCUT2D eigenvalue weighted by Crippen LogP contribution is 2.55. The third-order valence-electron chi connectivity index (χ3n) is 5.69. The fourth-order valence-electron chi connectivity index (χ4n) is 4.77. The normalized spacial score (nSPS) is 42.7. The van der Waals surface area contributed by atoms with Crippen LogP contribution in [0.2, 0.25) is 0 Å². The van der Waals surface area contributed by atoms with Gasteiger partial charge in [0.1, 0.15) is 11.9 Å². The summed E-state index contributed by atoms with van der Waals surface area (Å²) >= 11 is 0. The standard InChI is InChI=1S/C17H28O4/c1-9(2)12-6-7-17(5,20)13-8-14(21-11(4)19)15(10(3)18)16(12)13/h9,12-16,20H,6-8H2,1-5H3. The van der Waals surface area contributed by atoms with Crippen LogP contribution < -0.4 is 0 Å². The van der Waals surface area contributed by atoms with E-state index in [1.54, 1.807) is 6.92 Å². The summed E-state index contributed by atoms with van der Waals surface area (Å²) in [7, 11) is 0. The quantitative estimate of drug-likeness (QED) is 0.813. The van der Waals surface area contributed by atoms with Crippen LogP contribution in [-0.2, 0) is 14.3 Å². The predicted molar refractivity (Wildman–Crippen MR) is 79.5 cm³/mol. The zero-order valence-corrected chi connectivity index (χ0v) is 13.8. The first-order chi connectivity index (χ1) is 9.65. The SMILES string of the molecule is CC(=O)OC1CC2C(C(C(C)C)CCC2(C)O)C1C(C)=O. The molecule has 0 saturated heterocycles. The van der Waals surface area contributed by atoms with E-state index in [4.69, 9.17) is 4.74 Å². The molecule has 0 radical (unpaired) electrons. The van der Waals surface area contributed by atoms with Crippen LogP contribution >= 0.6 is 0 Å². The smallest absolute Gasteiger partial charge is 0.302 e. The minimum Gasteiger partial charge on any atom is -0.462 e. The molecule has 0 amide bonds. The van der Waals surface area contributed by atoms with Gasteiger partial charge < -0.3 is 9.84 Å². The fourth-order valence-corrected chi connectivity index (χ4v) is 4.77. The van der Waals surface area contributed by atoms with Gasteiger partial charge in [0, 0.05) is 6.92 Å². The molecule has 2 aliphatic rings. The molecule has 4 nitrogen and oxygen atoms in total. The van der Waals surface area contributed by atoms with Crippen molar-refractivity contribution in [3.05, 3.63) is 0 Å². The van der Waals surface area contributed by atoms with E-state index in [0.29, 0.717) is 18.3 Å². The van der Waals surface area contributed by atoms with Crippen LogP contribution in [0, 0.1) is 29.6 Å². The summed E-state index contributed by atoms with van der Waals surface area (Å²) in [6.45, 7) is 9.20. The molecule has 0 aromatic rings. The maximum absolute atomic E-state index is 12.2. The molecule has 2 aliphatic carbocycles. The number of ketones is 1. The van der Waals surface area contributed by atoms with E-state index in [-0.39, 0.29) is 35.6 Å². The summed E-state index contributed by atoms with van der Waals surface area (Å²) in [5, 5.41) is 10.7. The van der Waals surface area contributed by atoms with Crippen LogP contribution in [0.4, 0.5) is 0 Å². The Kier molecular flexibility index (Phi) is 4.48. The zero-order valence-electron chi connectivity index (χ0n) is 13.8. The summed E-state index contributed by atoms with van der Waals surface area (Å²) in [4.78, 5) is 23.6. The summed E-state index contributed by atoms with van der Waals surface area (Å²) < 4.78 is 5.43. The lowest BCUT2D eigenvalue weighted by atomic mass is 9.61. The Hall–Kier alpha value is -0.900. The molecule has 2 rings (SSSR count). The molecule has 0 heterocycles. The molecule has 0 aromatic heterocycles. The second kappa shape index (κ2) is 5.71. The first-order valence-electron chi connectivity index (χ1n) is 8.05. The number of Topliss-reactive ketones (excluding diaryl/α,β-unsaturated/α-hetero) is 1. The monoisotopic (exact) mass is 296 g/mol. The molecule has 21 heavy (non-hydrogen) atoms. The molecule has 120 valence electrons. The van der Waals surface area contributed by atoms with Crippen molar-refractivity contribution in [2.24, 2.45) is 29.6 Å². The Morgan fingerprint density at radius 3 is 2.38 bits per heavy atom. The minimum atomic E-state index is -0.765. The molecule has 0 bridgehead atoms. The number of aliphatic hydroxyl groups is 1. The van der Waals surface area contributed by atoms with Crippen LogP contribution in [0.5, 0.6) is 0 Å². The molecule has 6 atom stereocenters. The van der Waals surface area contributed by atoms with E-state index in [1.165, 1.54) is 6.92 Å². The van der Waals surface area contributed by atoms with Gasteiger partial charge in [0.15, 0.2) is 0 Å². The summed E-state index contributed by atoms with van der Waals surface area (Å²) in [5.74, 6) is 0.504. The van der Waals surface area contributed by atoms with Gasteiger partial charge in [0.2, 0.25) is 0 Å². The number of hydrogen-bond acceptors (Lipinski definition) is 4. The number of carbonyl (C=O) groups excluding carboxylic acids is 2. The second-order valence-corrected chi connectivity index (χ2v) is 7.51. The van der Waals surface area contributed by atoms with Gasteiger partial charge in [-0.2, -0.15) is 0 Å². The van der Waals surface area contributed by atoms with Crippen molar-refractivity contribution in [1.82, 2.24) is 0 Å². The van der Waals surface area contributed by atoms with Gasteiger partial charge in [-0.1, -0.05) is 13.8 Å². The number of hydrogen-bond donors (Lipinski definition) is 1. The predicted octanol–water partition coefficient (Wildman–Crippen LogP) is 2.58. The van der Waals surface area contributed by atoms with E-state index in [9.17, 15) is 14.7 Å². The van der Waals surface area contributed by atoms with Gasteiger partial charge in [-0.05, 0) is 56.8 Å². The molecule has 2 saturated carbocycles. The van der Waals surface area contributed by atoms with Crippen molar-refractivity contribution in [1.29, 1.82) is 0 Å². The highest BCUT2D eigenvalue weighted by Gasteiger charge is 2.58. The Bertz CT molecular complexity index is 427. The van der Waals surface area contributed by atoms with Crippen molar-refractivity contribution in [3.8, 4) is 0 Å². The third-order valence-corrected chi connectivity index (χ3v) is 5.69. The average molecular weight is 296 g/mol. The number of ether oxygens (including phenoxy) is 1. The second-order valence-electron chi connectivity index (χ2n) is 7.51. The zero-order chi connectivity index (χ0) is 15.9. The highest BCUT2D eigenvalue weighted by molar-refractivity contribution is 5.80. The van der Waals surface area contributed by atoms with Crippen LogP contribution in [0.3, 0.4) is 0 Å². The minimum absolute atomic E-state index is 0.0388. The molecule has 0 aliphatic heterocycles. The molecule has 0 spiro atoms. The van der Waals surface area contributed by atoms with Gasteiger partial charge in [0.05, 0.1) is 11.5 Å². The molecule has 2 fully saturated rings. The Balaban J connectivity index is 2.37. The Morgan fingerprint density at radius 1 is 1.29 bits per heavy atom. The number of rotatable bonds is 3. The number of esters is 1. The van der Waals surface area contributed by atoms with Crippen molar-refractivity contribution < 1.29 is 19.4 Å². The van der Waals surface area contributed by atoms with Crippen LogP contribution in [0.1, 0.15) is 53.9 Å². The summed E-state index contributed by atoms with van der Waals surface area (Å²) in [5.41, 5.74) is -0.765. The van der Waals surface area contributed by atoms with E-state index < -0.39 is 5.60 Å². The Labute approximate surface area is 127 Å². The van der Waals surface area contributed by atoms with Crippen molar-refractivity contribution in [3.63, 3.8) is 0 Å². The van der Waals surface area contributed by atoms with E-state index in [0.717, 1.165) is 12.8 Å². The topological polar surface area (TPSA) is 63.6 Å². The first-order valence-corrected chi connectivity index (χ1v) is 8.05. The lowest BCUT2D eigenvalue weighted by Gasteiger charge is -2.46. The van der Waals surface area contributed by atoms with Crippen LogP contribution in [-0.4, -0.2) is 28.6 Å². The summed E-state index contributed by atoms with van der Waals surface area (Å²) in [6.07, 6.45) is 1.92.